The third-order valence-electron chi connectivity index (χ3n) is 2.24. The molecule has 0 spiro atoms. The SMILES string of the molecule is N#Cc1cc(Cl)nc(N2CCSCC2)c1. The molecule has 0 bridgehead atoms. The Bertz CT molecular complexity index is 396. The van der Waals surface area contributed by atoms with Gasteiger partial charge in [0.15, 0.2) is 0 Å². The molecule has 1 saturated heterocycles. The first-order chi connectivity index (χ1) is 7.29. The van der Waals surface area contributed by atoms with Gasteiger partial charge >= 0.3 is 0 Å². The molecule has 5 heteroatoms. The van der Waals surface area contributed by atoms with E-state index in [-0.39, 0.29) is 0 Å². The normalized spacial score (nSPS) is 16.1. The van der Waals surface area contributed by atoms with Gasteiger partial charge in [-0.1, -0.05) is 11.6 Å². The maximum atomic E-state index is 8.83. The highest BCUT2D eigenvalue weighted by Crippen LogP contribution is 2.20. The summed E-state index contributed by atoms with van der Waals surface area (Å²) in [5.41, 5.74) is 0.572. The quantitative estimate of drug-likeness (QED) is 0.705. The Kier molecular flexibility index (Phi) is 3.34. The van der Waals surface area contributed by atoms with Gasteiger partial charge in [-0.2, -0.15) is 17.0 Å². The van der Waals surface area contributed by atoms with Crippen LogP contribution in [0.25, 0.3) is 0 Å². The minimum Gasteiger partial charge on any atom is -0.355 e. The Hall–Kier alpha value is -0.920. The largest absolute Gasteiger partial charge is 0.355 e. The zero-order valence-electron chi connectivity index (χ0n) is 8.11. The van der Waals surface area contributed by atoms with E-state index >= 15 is 0 Å². The number of hydrogen-bond acceptors (Lipinski definition) is 4. The molecule has 1 aliphatic rings. The maximum absolute atomic E-state index is 8.83. The van der Waals surface area contributed by atoms with Crippen LogP contribution in [0.15, 0.2) is 12.1 Å². The summed E-state index contributed by atoms with van der Waals surface area (Å²) in [6.07, 6.45) is 0. The van der Waals surface area contributed by atoms with Crippen LogP contribution in [-0.2, 0) is 0 Å². The van der Waals surface area contributed by atoms with Gasteiger partial charge in [-0.3, -0.25) is 0 Å². The molecule has 0 N–H and O–H groups in total. The van der Waals surface area contributed by atoms with Crippen molar-refractivity contribution in [2.24, 2.45) is 0 Å². The van der Waals surface area contributed by atoms with Crippen LogP contribution in [0.2, 0.25) is 5.15 Å². The van der Waals surface area contributed by atoms with E-state index < -0.39 is 0 Å². The van der Waals surface area contributed by atoms with E-state index in [9.17, 15) is 0 Å². The summed E-state index contributed by atoms with van der Waals surface area (Å²) < 4.78 is 0. The molecule has 0 aliphatic carbocycles. The molecule has 2 heterocycles. The van der Waals surface area contributed by atoms with Gasteiger partial charge in [0.25, 0.3) is 0 Å². The second-order valence-corrected chi connectivity index (χ2v) is 4.86. The Morgan fingerprint density at radius 2 is 2.13 bits per heavy atom. The minimum atomic E-state index is 0.391. The van der Waals surface area contributed by atoms with Crippen LogP contribution in [-0.4, -0.2) is 29.6 Å². The summed E-state index contributed by atoms with van der Waals surface area (Å²) in [6.45, 7) is 1.95. The molecule has 0 amide bonds. The summed E-state index contributed by atoms with van der Waals surface area (Å²) in [7, 11) is 0. The van der Waals surface area contributed by atoms with Crippen LogP contribution in [0.4, 0.5) is 5.82 Å². The van der Waals surface area contributed by atoms with Crippen LogP contribution >= 0.6 is 23.4 Å². The van der Waals surface area contributed by atoms with E-state index in [1.165, 1.54) is 0 Å². The fourth-order valence-electron chi connectivity index (χ4n) is 1.50. The molecule has 1 aromatic heterocycles. The van der Waals surface area contributed by atoms with E-state index in [0.29, 0.717) is 10.7 Å². The first-order valence-corrected chi connectivity index (χ1v) is 6.23. The Morgan fingerprint density at radius 1 is 1.40 bits per heavy atom. The smallest absolute Gasteiger partial charge is 0.132 e. The van der Waals surface area contributed by atoms with Gasteiger partial charge in [-0.15, -0.1) is 0 Å². The average Bonchev–Trinajstić information content (AvgIpc) is 2.29. The molecule has 0 aromatic carbocycles. The van der Waals surface area contributed by atoms with E-state index in [1.807, 2.05) is 11.8 Å². The molecular weight excluding hydrogens is 230 g/mol. The summed E-state index contributed by atoms with van der Waals surface area (Å²) in [5, 5.41) is 9.22. The highest BCUT2D eigenvalue weighted by atomic mass is 35.5. The van der Waals surface area contributed by atoms with Gasteiger partial charge in [0, 0.05) is 24.6 Å². The van der Waals surface area contributed by atoms with Crippen LogP contribution in [0.5, 0.6) is 0 Å². The zero-order chi connectivity index (χ0) is 10.7. The van der Waals surface area contributed by atoms with E-state index in [1.54, 1.807) is 12.1 Å². The van der Waals surface area contributed by atoms with Gasteiger partial charge in [0.2, 0.25) is 0 Å². The number of nitrogens with zero attached hydrogens (tertiary/aromatic N) is 3. The molecule has 0 unspecified atom stereocenters. The van der Waals surface area contributed by atoms with E-state index in [2.05, 4.69) is 16.0 Å². The summed E-state index contributed by atoms with van der Waals surface area (Å²) in [4.78, 5) is 6.41. The number of rotatable bonds is 1. The Labute approximate surface area is 98.0 Å². The highest BCUT2D eigenvalue weighted by molar-refractivity contribution is 7.99. The fourth-order valence-corrected chi connectivity index (χ4v) is 2.61. The molecule has 1 aliphatic heterocycles. The van der Waals surface area contributed by atoms with Crippen molar-refractivity contribution in [3.8, 4) is 6.07 Å². The zero-order valence-corrected chi connectivity index (χ0v) is 9.68. The number of pyridine rings is 1. The lowest BCUT2D eigenvalue weighted by Gasteiger charge is -2.27. The maximum Gasteiger partial charge on any atom is 0.132 e. The molecule has 0 atom stereocenters. The monoisotopic (exact) mass is 239 g/mol. The number of aromatic nitrogens is 1. The van der Waals surface area contributed by atoms with Crippen LogP contribution in [0.3, 0.4) is 0 Å². The molecule has 78 valence electrons. The summed E-state index contributed by atoms with van der Waals surface area (Å²) in [5.74, 6) is 3.03. The summed E-state index contributed by atoms with van der Waals surface area (Å²) >= 11 is 7.79. The fraction of sp³-hybridized carbons (Fsp3) is 0.400. The average molecular weight is 240 g/mol. The predicted molar refractivity (Wildman–Crippen MR) is 63.5 cm³/mol. The van der Waals surface area contributed by atoms with Crippen molar-refractivity contribution in [3.63, 3.8) is 0 Å². The van der Waals surface area contributed by atoms with Crippen LogP contribution in [0.1, 0.15) is 5.56 Å². The topological polar surface area (TPSA) is 39.9 Å². The predicted octanol–water partition coefficient (Wildman–Crippen LogP) is 2.16. The highest BCUT2D eigenvalue weighted by Gasteiger charge is 2.13. The Balaban J connectivity index is 2.27. The third kappa shape index (κ3) is 2.55. The molecule has 1 fully saturated rings. The van der Waals surface area contributed by atoms with Crippen molar-refractivity contribution >= 4 is 29.2 Å². The molecule has 3 nitrogen and oxygen atoms in total. The number of thioether (sulfide) groups is 1. The van der Waals surface area contributed by atoms with Crippen molar-refractivity contribution in [2.75, 3.05) is 29.5 Å². The number of anilines is 1. The molecule has 15 heavy (non-hydrogen) atoms. The van der Waals surface area contributed by atoms with E-state index in [0.717, 1.165) is 30.4 Å². The van der Waals surface area contributed by atoms with Crippen molar-refractivity contribution < 1.29 is 0 Å². The van der Waals surface area contributed by atoms with Crippen molar-refractivity contribution in [3.05, 3.63) is 22.8 Å². The first-order valence-electron chi connectivity index (χ1n) is 4.70. The Morgan fingerprint density at radius 3 is 2.80 bits per heavy atom. The minimum absolute atomic E-state index is 0.391. The van der Waals surface area contributed by atoms with Gasteiger partial charge in [-0.05, 0) is 12.1 Å². The number of nitriles is 1. The lowest BCUT2D eigenvalue weighted by Crippen LogP contribution is -2.33. The van der Waals surface area contributed by atoms with Crippen molar-refractivity contribution in [2.45, 2.75) is 0 Å². The lowest BCUT2D eigenvalue weighted by molar-refractivity contribution is 0.839. The standard InChI is InChI=1S/C10H10ClN3S/c11-9-5-8(7-12)6-10(13-9)14-1-3-15-4-2-14/h5-6H,1-4H2. The van der Waals surface area contributed by atoms with E-state index in [4.69, 9.17) is 16.9 Å². The number of halogens is 1. The number of hydrogen-bond donors (Lipinski definition) is 0. The lowest BCUT2D eigenvalue weighted by atomic mass is 10.3. The third-order valence-corrected chi connectivity index (χ3v) is 3.38. The second kappa shape index (κ2) is 4.73. The van der Waals surface area contributed by atoms with Gasteiger partial charge in [0.05, 0.1) is 11.6 Å². The van der Waals surface area contributed by atoms with Gasteiger partial charge in [0.1, 0.15) is 11.0 Å². The molecular formula is C10H10ClN3S. The van der Waals surface area contributed by atoms with Crippen molar-refractivity contribution in [1.82, 2.24) is 4.98 Å². The molecule has 0 saturated carbocycles. The molecule has 1 aromatic rings. The second-order valence-electron chi connectivity index (χ2n) is 3.25. The van der Waals surface area contributed by atoms with Gasteiger partial charge in [-0.25, -0.2) is 4.98 Å². The van der Waals surface area contributed by atoms with Gasteiger partial charge < -0.3 is 4.90 Å². The van der Waals surface area contributed by atoms with Crippen molar-refractivity contribution in [1.29, 1.82) is 5.26 Å². The van der Waals surface area contributed by atoms with Crippen LogP contribution in [0, 0.1) is 11.3 Å². The summed E-state index contributed by atoms with van der Waals surface area (Å²) in [6, 6.07) is 5.47. The molecule has 2 rings (SSSR count). The first kappa shape index (κ1) is 10.6. The molecule has 0 radical (unpaired) electrons. The van der Waals surface area contributed by atoms with Crippen LogP contribution < -0.4 is 4.90 Å².